The van der Waals surface area contributed by atoms with Gasteiger partial charge in [-0.25, -0.2) is 4.79 Å². The molecule has 0 bridgehead atoms. The summed E-state index contributed by atoms with van der Waals surface area (Å²) >= 11 is 0. The maximum absolute atomic E-state index is 12.3. The Balaban J connectivity index is 1.81. The fourth-order valence-electron chi connectivity index (χ4n) is 3.01. The number of aryl methyl sites for hydroxylation is 1. The number of anilines is 1. The van der Waals surface area contributed by atoms with Crippen molar-refractivity contribution in [3.05, 3.63) is 53.1 Å². The Morgan fingerprint density at radius 1 is 1.08 bits per heavy atom. The van der Waals surface area contributed by atoms with Gasteiger partial charge in [-0.1, -0.05) is 25.5 Å². The molecule has 3 rings (SSSR count). The van der Waals surface area contributed by atoms with Crippen LogP contribution in [-0.2, 0) is 11.2 Å². The van der Waals surface area contributed by atoms with Gasteiger partial charge in [0.2, 0.25) is 6.23 Å². The first-order valence-electron chi connectivity index (χ1n) is 8.49. The van der Waals surface area contributed by atoms with Gasteiger partial charge in [-0.3, -0.25) is 0 Å². The predicted molar refractivity (Wildman–Crippen MR) is 96.4 cm³/mol. The average Bonchev–Trinajstić information content (AvgIpc) is 2.96. The lowest BCUT2D eigenvalue weighted by Gasteiger charge is -2.15. The molecule has 2 aromatic carbocycles. The van der Waals surface area contributed by atoms with Crippen molar-refractivity contribution in [1.82, 2.24) is 0 Å². The Morgan fingerprint density at radius 3 is 2.48 bits per heavy atom. The Kier molecular flexibility index (Phi) is 5.12. The van der Waals surface area contributed by atoms with E-state index in [-0.39, 0.29) is 0 Å². The zero-order valence-corrected chi connectivity index (χ0v) is 14.8. The molecule has 1 aliphatic rings. The zero-order valence-electron chi connectivity index (χ0n) is 14.8. The first-order chi connectivity index (χ1) is 12.2. The molecule has 5 nitrogen and oxygen atoms in total. The lowest BCUT2D eigenvalue weighted by atomic mass is 10.1. The molecule has 1 aliphatic heterocycles. The van der Waals surface area contributed by atoms with Gasteiger partial charge >= 0.3 is 5.97 Å². The molecule has 0 saturated heterocycles. The number of hydrogen-bond acceptors (Lipinski definition) is 5. The van der Waals surface area contributed by atoms with Crippen LogP contribution in [0.5, 0.6) is 11.5 Å². The van der Waals surface area contributed by atoms with Gasteiger partial charge in [0.1, 0.15) is 5.56 Å². The molecule has 1 unspecified atom stereocenters. The average molecular weight is 341 g/mol. The first kappa shape index (κ1) is 17.1. The highest BCUT2D eigenvalue weighted by Gasteiger charge is 2.35. The van der Waals surface area contributed by atoms with Crippen LogP contribution in [-0.4, -0.2) is 20.2 Å². The number of methoxy groups -OCH3 is 2. The number of carbonyl (C=O) groups excluding carboxylic acids is 1. The largest absolute Gasteiger partial charge is 0.493 e. The van der Waals surface area contributed by atoms with Crippen molar-refractivity contribution < 1.29 is 19.0 Å². The van der Waals surface area contributed by atoms with Crippen molar-refractivity contribution in [2.75, 3.05) is 19.5 Å². The molecule has 0 radical (unpaired) electrons. The van der Waals surface area contributed by atoms with Gasteiger partial charge in [-0.15, -0.1) is 0 Å². The topological polar surface area (TPSA) is 56.8 Å². The predicted octanol–water partition coefficient (Wildman–Crippen LogP) is 4.33. The summed E-state index contributed by atoms with van der Waals surface area (Å²) in [6.07, 6.45) is 2.90. The number of carbonyl (C=O) groups is 1. The summed E-state index contributed by atoms with van der Waals surface area (Å²) in [4.78, 5) is 12.3. The Hall–Kier alpha value is -2.69. The van der Waals surface area contributed by atoms with Crippen LogP contribution in [0.4, 0.5) is 5.69 Å². The van der Waals surface area contributed by atoms with E-state index in [9.17, 15) is 4.79 Å². The fraction of sp³-hybridized carbons (Fsp3) is 0.350. The van der Waals surface area contributed by atoms with Crippen LogP contribution >= 0.6 is 0 Å². The van der Waals surface area contributed by atoms with E-state index in [0.717, 1.165) is 17.7 Å². The number of fused-ring (bicyclic) bond motifs is 1. The fourth-order valence-corrected chi connectivity index (χ4v) is 3.01. The van der Waals surface area contributed by atoms with Gasteiger partial charge in [0.25, 0.3) is 0 Å². The lowest BCUT2D eigenvalue weighted by molar-refractivity contribution is 0.0435. The number of cyclic esters (lactones) is 1. The third-order valence-corrected chi connectivity index (χ3v) is 4.36. The van der Waals surface area contributed by atoms with E-state index in [1.165, 1.54) is 25.5 Å². The smallest absolute Gasteiger partial charge is 0.344 e. The Morgan fingerprint density at radius 2 is 1.84 bits per heavy atom. The highest BCUT2D eigenvalue weighted by molar-refractivity contribution is 5.98. The summed E-state index contributed by atoms with van der Waals surface area (Å²) in [6, 6.07) is 11.8. The maximum atomic E-state index is 12.3. The van der Waals surface area contributed by atoms with Crippen molar-refractivity contribution in [3.63, 3.8) is 0 Å². The molecular formula is C20H23NO4. The van der Waals surface area contributed by atoms with Crippen molar-refractivity contribution in [3.8, 4) is 11.5 Å². The van der Waals surface area contributed by atoms with Crippen LogP contribution in [0.2, 0.25) is 0 Å². The molecule has 0 fully saturated rings. The molecule has 1 heterocycles. The monoisotopic (exact) mass is 341 g/mol. The van der Waals surface area contributed by atoms with Crippen molar-refractivity contribution in [2.24, 2.45) is 0 Å². The number of rotatable bonds is 7. The van der Waals surface area contributed by atoms with E-state index in [0.29, 0.717) is 17.1 Å². The molecule has 25 heavy (non-hydrogen) atoms. The van der Waals surface area contributed by atoms with Gasteiger partial charge in [-0.2, -0.15) is 0 Å². The van der Waals surface area contributed by atoms with E-state index >= 15 is 0 Å². The molecule has 0 spiro atoms. The van der Waals surface area contributed by atoms with E-state index < -0.39 is 12.2 Å². The highest BCUT2D eigenvalue weighted by atomic mass is 16.6. The Labute approximate surface area is 147 Å². The summed E-state index contributed by atoms with van der Waals surface area (Å²) < 4.78 is 16.1. The van der Waals surface area contributed by atoms with Crippen LogP contribution in [0.3, 0.4) is 0 Å². The summed E-state index contributed by atoms with van der Waals surface area (Å²) in [6.45, 7) is 2.19. The molecule has 1 atom stereocenters. The van der Waals surface area contributed by atoms with Crippen LogP contribution in [0, 0.1) is 0 Å². The van der Waals surface area contributed by atoms with Crippen molar-refractivity contribution in [1.29, 1.82) is 0 Å². The zero-order chi connectivity index (χ0) is 17.8. The SMILES string of the molecule is CCCCc1ccc(NC2OC(=O)c3c2ccc(OC)c3OC)cc1. The first-order valence-corrected chi connectivity index (χ1v) is 8.49. The minimum Gasteiger partial charge on any atom is -0.493 e. The summed E-state index contributed by atoms with van der Waals surface area (Å²) in [5.41, 5.74) is 3.37. The minimum atomic E-state index is -0.538. The number of hydrogen-bond donors (Lipinski definition) is 1. The third kappa shape index (κ3) is 3.40. The van der Waals surface area contributed by atoms with Gasteiger partial charge < -0.3 is 19.5 Å². The molecule has 0 aliphatic carbocycles. The second-order valence-electron chi connectivity index (χ2n) is 6.00. The van der Waals surface area contributed by atoms with Gasteiger partial charge in [0.15, 0.2) is 11.5 Å². The second kappa shape index (κ2) is 7.47. The van der Waals surface area contributed by atoms with Gasteiger partial charge in [0.05, 0.1) is 14.2 Å². The Bertz CT molecular complexity index is 755. The number of benzene rings is 2. The van der Waals surface area contributed by atoms with Crippen LogP contribution in [0.15, 0.2) is 36.4 Å². The van der Waals surface area contributed by atoms with Crippen LogP contribution in [0.25, 0.3) is 0 Å². The standard InChI is InChI=1S/C20H23NO4/c1-4-5-6-13-7-9-14(10-8-13)21-19-15-11-12-16(23-2)18(24-3)17(15)20(22)25-19/h7-12,19,21H,4-6H2,1-3H3. The third-order valence-electron chi connectivity index (χ3n) is 4.36. The van der Waals surface area contributed by atoms with E-state index in [4.69, 9.17) is 14.2 Å². The van der Waals surface area contributed by atoms with Crippen LogP contribution in [0.1, 0.15) is 47.5 Å². The van der Waals surface area contributed by atoms with Gasteiger partial charge in [-0.05, 0) is 42.7 Å². The summed E-state index contributed by atoms with van der Waals surface area (Å²) in [5, 5.41) is 3.26. The molecule has 5 heteroatoms. The van der Waals surface area contributed by atoms with E-state index in [2.05, 4.69) is 24.4 Å². The summed E-state index contributed by atoms with van der Waals surface area (Å²) in [5.74, 6) is 0.506. The summed E-state index contributed by atoms with van der Waals surface area (Å²) in [7, 11) is 3.06. The number of esters is 1. The molecule has 132 valence electrons. The molecule has 0 amide bonds. The molecule has 0 aromatic heterocycles. The molecule has 0 saturated carbocycles. The van der Waals surface area contributed by atoms with Gasteiger partial charge in [0, 0.05) is 11.3 Å². The van der Waals surface area contributed by atoms with Crippen molar-refractivity contribution >= 4 is 11.7 Å². The normalized spacial score (nSPS) is 15.5. The molecule has 2 aromatic rings. The van der Waals surface area contributed by atoms with E-state index in [1.807, 2.05) is 18.2 Å². The number of nitrogens with one attached hydrogen (secondary N) is 1. The second-order valence-corrected chi connectivity index (χ2v) is 6.00. The molecule has 1 N–H and O–H groups in total. The number of ether oxygens (including phenoxy) is 3. The lowest BCUT2D eigenvalue weighted by Crippen LogP contribution is -2.10. The molecular weight excluding hydrogens is 318 g/mol. The quantitative estimate of drug-likeness (QED) is 0.760. The highest BCUT2D eigenvalue weighted by Crippen LogP contribution is 2.42. The van der Waals surface area contributed by atoms with Crippen LogP contribution < -0.4 is 14.8 Å². The minimum absolute atomic E-state index is 0.407. The maximum Gasteiger partial charge on any atom is 0.344 e. The van der Waals surface area contributed by atoms with E-state index in [1.54, 1.807) is 13.2 Å². The van der Waals surface area contributed by atoms with Crippen molar-refractivity contribution in [2.45, 2.75) is 32.4 Å². The number of unbranched alkanes of at least 4 members (excludes halogenated alkanes) is 1.